The van der Waals surface area contributed by atoms with E-state index in [-0.39, 0.29) is 30.7 Å². The summed E-state index contributed by atoms with van der Waals surface area (Å²) in [5, 5.41) is 0. The van der Waals surface area contributed by atoms with Gasteiger partial charge in [-0.05, 0) is 30.4 Å². The molecule has 1 amide bonds. The SMILES string of the molecule is CCCCOCN(C(=O)CC(=O)CCl)c1c(CC)cccc1CC. The van der Waals surface area contributed by atoms with Crippen LogP contribution in [-0.2, 0) is 27.2 Å². The Balaban J connectivity index is 3.11. The van der Waals surface area contributed by atoms with Gasteiger partial charge in [-0.25, -0.2) is 0 Å². The zero-order valence-corrected chi connectivity index (χ0v) is 15.7. The number of hydrogen-bond donors (Lipinski definition) is 0. The van der Waals surface area contributed by atoms with Gasteiger partial charge in [0.15, 0.2) is 5.78 Å². The van der Waals surface area contributed by atoms with E-state index in [4.69, 9.17) is 16.3 Å². The van der Waals surface area contributed by atoms with Crippen molar-refractivity contribution in [3.8, 4) is 0 Å². The molecule has 0 saturated carbocycles. The molecule has 0 aliphatic rings. The lowest BCUT2D eigenvalue weighted by molar-refractivity contribution is -0.126. The zero-order valence-electron chi connectivity index (χ0n) is 14.9. The van der Waals surface area contributed by atoms with Crippen molar-refractivity contribution in [2.75, 3.05) is 24.1 Å². The van der Waals surface area contributed by atoms with Crippen LogP contribution in [-0.4, -0.2) is 30.9 Å². The number of alkyl halides is 1. The number of hydrogen-bond acceptors (Lipinski definition) is 3. The first-order chi connectivity index (χ1) is 11.6. The lowest BCUT2D eigenvalue weighted by Crippen LogP contribution is -2.36. The molecule has 4 nitrogen and oxygen atoms in total. The van der Waals surface area contributed by atoms with E-state index in [9.17, 15) is 9.59 Å². The first-order valence-corrected chi connectivity index (χ1v) is 9.18. The summed E-state index contributed by atoms with van der Waals surface area (Å²) in [6.45, 7) is 6.97. The number of para-hydroxylation sites is 1. The summed E-state index contributed by atoms with van der Waals surface area (Å²) in [6, 6.07) is 6.04. The summed E-state index contributed by atoms with van der Waals surface area (Å²) in [6.07, 6.45) is 3.40. The molecule has 0 aliphatic heterocycles. The smallest absolute Gasteiger partial charge is 0.236 e. The number of anilines is 1. The molecule has 0 spiro atoms. The van der Waals surface area contributed by atoms with E-state index in [1.165, 1.54) is 0 Å². The predicted molar refractivity (Wildman–Crippen MR) is 98.8 cm³/mol. The molecule has 0 heterocycles. The van der Waals surface area contributed by atoms with E-state index in [1.807, 2.05) is 18.2 Å². The predicted octanol–water partition coefficient (Wildman–Crippen LogP) is 4.12. The lowest BCUT2D eigenvalue weighted by Gasteiger charge is -2.27. The summed E-state index contributed by atoms with van der Waals surface area (Å²) < 4.78 is 5.69. The monoisotopic (exact) mass is 353 g/mol. The average Bonchev–Trinajstić information content (AvgIpc) is 2.60. The van der Waals surface area contributed by atoms with Crippen LogP contribution in [0.3, 0.4) is 0 Å². The molecule has 1 aromatic carbocycles. The Bertz CT molecular complexity index is 523. The van der Waals surface area contributed by atoms with Gasteiger partial charge in [0.2, 0.25) is 5.91 Å². The minimum absolute atomic E-state index is 0.146. The van der Waals surface area contributed by atoms with Crippen molar-refractivity contribution in [3.05, 3.63) is 29.3 Å². The quantitative estimate of drug-likeness (QED) is 0.260. The van der Waals surface area contributed by atoms with Crippen molar-refractivity contribution in [2.45, 2.75) is 52.9 Å². The van der Waals surface area contributed by atoms with E-state index in [2.05, 4.69) is 20.8 Å². The summed E-state index contributed by atoms with van der Waals surface area (Å²) in [7, 11) is 0. The first-order valence-electron chi connectivity index (χ1n) is 8.65. The van der Waals surface area contributed by atoms with E-state index in [0.717, 1.165) is 42.5 Å². The van der Waals surface area contributed by atoms with Gasteiger partial charge in [-0.15, -0.1) is 11.6 Å². The van der Waals surface area contributed by atoms with E-state index < -0.39 is 0 Å². The topological polar surface area (TPSA) is 46.6 Å². The van der Waals surface area contributed by atoms with Crippen LogP contribution in [0.15, 0.2) is 18.2 Å². The average molecular weight is 354 g/mol. The normalized spacial score (nSPS) is 10.7. The number of unbranched alkanes of at least 4 members (excludes halogenated alkanes) is 1. The number of nitrogens with zero attached hydrogens (tertiary/aromatic N) is 1. The van der Waals surface area contributed by atoms with Crippen LogP contribution in [0.2, 0.25) is 0 Å². The largest absolute Gasteiger partial charge is 0.361 e. The highest BCUT2D eigenvalue weighted by Gasteiger charge is 2.22. The maximum absolute atomic E-state index is 12.7. The number of benzene rings is 1. The van der Waals surface area contributed by atoms with Gasteiger partial charge >= 0.3 is 0 Å². The van der Waals surface area contributed by atoms with E-state index >= 15 is 0 Å². The molecule has 0 saturated heterocycles. The van der Waals surface area contributed by atoms with Gasteiger partial charge in [-0.3, -0.25) is 14.5 Å². The molecule has 134 valence electrons. The second-order valence-corrected chi connectivity index (χ2v) is 5.96. The number of carbonyl (C=O) groups excluding carboxylic acids is 2. The number of rotatable bonds is 11. The summed E-state index contributed by atoms with van der Waals surface area (Å²) >= 11 is 5.56. The standard InChI is InChI=1S/C19H28ClNO3/c1-4-7-11-24-14-21(18(23)12-17(22)13-20)19-15(5-2)9-8-10-16(19)6-3/h8-10H,4-7,11-14H2,1-3H3. The van der Waals surface area contributed by atoms with Crippen molar-refractivity contribution in [1.82, 2.24) is 0 Å². The van der Waals surface area contributed by atoms with Crippen LogP contribution in [0.5, 0.6) is 0 Å². The number of halogens is 1. The molecular formula is C19H28ClNO3. The molecule has 0 radical (unpaired) electrons. The second-order valence-electron chi connectivity index (χ2n) is 5.69. The number of Topliss-reactive ketones (excluding diaryl/α,β-unsaturated/α-hetero) is 1. The molecule has 0 bridgehead atoms. The maximum atomic E-state index is 12.7. The molecule has 0 aromatic heterocycles. The zero-order chi connectivity index (χ0) is 17.9. The van der Waals surface area contributed by atoms with Crippen LogP contribution in [0.25, 0.3) is 0 Å². The van der Waals surface area contributed by atoms with Crippen molar-refractivity contribution in [2.24, 2.45) is 0 Å². The summed E-state index contributed by atoms with van der Waals surface area (Å²) in [4.78, 5) is 25.9. The Kier molecular flexibility index (Phi) is 9.65. The second kappa shape index (κ2) is 11.2. The molecule has 5 heteroatoms. The number of ether oxygens (including phenoxy) is 1. The Labute approximate surface area is 150 Å². The van der Waals surface area contributed by atoms with Crippen LogP contribution in [0, 0.1) is 0 Å². The molecule has 24 heavy (non-hydrogen) atoms. The first kappa shape index (κ1) is 20.7. The van der Waals surface area contributed by atoms with Gasteiger partial charge in [0.25, 0.3) is 0 Å². The minimum atomic E-state index is -0.271. The third-order valence-corrected chi connectivity index (χ3v) is 4.19. The van der Waals surface area contributed by atoms with E-state index in [0.29, 0.717) is 6.61 Å². The molecule has 1 aromatic rings. The van der Waals surface area contributed by atoms with Crippen LogP contribution in [0.1, 0.15) is 51.2 Å². The van der Waals surface area contributed by atoms with Gasteiger partial charge in [0.05, 0.1) is 18.0 Å². The Hall–Kier alpha value is -1.39. The van der Waals surface area contributed by atoms with Gasteiger partial charge in [0, 0.05) is 6.61 Å². The highest BCUT2D eigenvalue weighted by Crippen LogP contribution is 2.28. The lowest BCUT2D eigenvalue weighted by atomic mass is 10.0. The highest BCUT2D eigenvalue weighted by molar-refractivity contribution is 6.29. The van der Waals surface area contributed by atoms with E-state index in [1.54, 1.807) is 4.90 Å². The Morgan fingerprint density at radius 1 is 1.12 bits per heavy atom. The fraction of sp³-hybridized carbons (Fsp3) is 0.579. The van der Waals surface area contributed by atoms with Crippen molar-refractivity contribution in [1.29, 1.82) is 0 Å². The third-order valence-electron chi connectivity index (χ3n) is 3.90. The van der Waals surface area contributed by atoms with Crippen molar-refractivity contribution >= 4 is 29.0 Å². The molecule has 0 unspecified atom stereocenters. The third kappa shape index (κ3) is 5.91. The number of carbonyl (C=O) groups is 2. The maximum Gasteiger partial charge on any atom is 0.236 e. The fourth-order valence-corrected chi connectivity index (χ4v) is 2.63. The molecule has 0 aliphatic carbocycles. The van der Waals surface area contributed by atoms with Gasteiger partial charge < -0.3 is 4.74 Å². The molecule has 0 atom stereocenters. The summed E-state index contributed by atoms with van der Waals surface area (Å²) in [5.74, 6) is -0.674. The number of aryl methyl sites for hydroxylation is 2. The highest BCUT2D eigenvalue weighted by atomic mass is 35.5. The number of amides is 1. The van der Waals surface area contributed by atoms with Crippen LogP contribution in [0.4, 0.5) is 5.69 Å². The Morgan fingerprint density at radius 3 is 2.25 bits per heavy atom. The van der Waals surface area contributed by atoms with Gasteiger partial charge in [-0.1, -0.05) is 45.4 Å². The summed E-state index contributed by atoms with van der Waals surface area (Å²) in [5.41, 5.74) is 3.05. The molecule has 1 rings (SSSR count). The van der Waals surface area contributed by atoms with Crippen molar-refractivity contribution < 1.29 is 14.3 Å². The molecule has 0 fully saturated rings. The fourth-order valence-electron chi connectivity index (χ4n) is 2.54. The molecule has 0 N–H and O–H groups in total. The Morgan fingerprint density at radius 2 is 1.75 bits per heavy atom. The van der Waals surface area contributed by atoms with Gasteiger partial charge in [0.1, 0.15) is 6.73 Å². The molecular weight excluding hydrogens is 326 g/mol. The van der Waals surface area contributed by atoms with Gasteiger partial charge in [-0.2, -0.15) is 0 Å². The minimum Gasteiger partial charge on any atom is -0.361 e. The van der Waals surface area contributed by atoms with Crippen LogP contribution >= 0.6 is 11.6 Å². The number of ketones is 1. The van der Waals surface area contributed by atoms with Crippen molar-refractivity contribution in [3.63, 3.8) is 0 Å². The van der Waals surface area contributed by atoms with Crippen LogP contribution < -0.4 is 4.90 Å².